The molecule has 0 bridgehead atoms. The van der Waals surface area contributed by atoms with Crippen molar-refractivity contribution in [2.24, 2.45) is 0 Å². The van der Waals surface area contributed by atoms with Crippen LogP contribution in [0.15, 0.2) is 77.2 Å². The van der Waals surface area contributed by atoms with Gasteiger partial charge >= 0.3 is 6.36 Å². The Morgan fingerprint density at radius 3 is 2.51 bits per heavy atom. The van der Waals surface area contributed by atoms with Crippen molar-refractivity contribution in [2.45, 2.75) is 13.0 Å². The van der Waals surface area contributed by atoms with Gasteiger partial charge in [-0.05, 0) is 48.0 Å². The Hall–Kier alpha value is -4.51. The lowest BCUT2D eigenvalue weighted by Crippen LogP contribution is -2.26. The van der Waals surface area contributed by atoms with E-state index in [2.05, 4.69) is 10.1 Å². The number of amides is 2. The number of carbonyl (C=O) groups is 2. The molecular weight excluding hydrogens is 491 g/mol. The fraction of sp³-hybridized carbons (Fsp3) is 0.154. The summed E-state index contributed by atoms with van der Waals surface area (Å²) in [4.78, 5) is 25.3. The van der Waals surface area contributed by atoms with Crippen molar-refractivity contribution in [2.75, 3.05) is 29.1 Å². The Balaban J connectivity index is 1.32. The Morgan fingerprint density at radius 2 is 1.81 bits per heavy atom. The first-order valence-electron chi connectivity index (χ1n) is 11.1. The summed E-state index contributed by atoms with van der Waals surface area (Å²) in [5.74, 6) is 0.379. The third kappa shape index (κ3) is 6.79. The molecular formula is C26H22F3N3O5. The van der Waals surface area contributed by atoms with Gasteiger partial charge in [0.05, 0.1) is 24.5 Å². The number of hydrogen-bond donors (Lipinski definition) is 2. The minimum Gasteiger partial charge on any atom is -0.492 e. The number of nitrogens with one attached hydrogen (secondary N) is 1. The molecule has 4 aromatic rings. The lowest BCUT2D eigenvalue weighted by atomic mass is 10.2. The van der Waals surface area contributed by atoms with E-state index in [9.17, 15) is 22.8 Å². The van der Waals surface area contributed by atoms with Crippen molar-refractivity contribution in [1.82, 2.24) is 0 Å². The van der Waals surface area contributed by atoms with E-state index in [1.807, 2.05) is 0 Å². The van der Waals surface area contributed by atoms with Gasteiger partial charge in [-0.1, -0.05) is 24.3 Å². The van der Waals surface area contributed by atoms with Crippen LogP contribution in [0.4, 0.5) is 30.4 Å². The number of halogens is 3. The highest BCUT2D eigenvalue weighted by Crippen LogP contribution is 2.28. The normalized spacial score (nSPS) is 11.3. The lowest BCUT2D eigenvalue weighted by Gasteiger charge is -2.14. The van der Waals surface area contributed by atoms with Crippen LogP contribution in [0, 0.1) is 0 Å². The number of ether oxygens (including phenoxy) is 2. The smallest absolute Gasteiger partial charge is 0.492 e. The highest BCUT2D eigenvalue weighted by molar-refractivity contribution is 6.05. The Morgan fingerprint density at radius 1 is 1.05 bits per heavy atom. The number of nitrogens with two attached hydrogens (primary N) is 1. The highest BCUT2D eigenvalue weighted by atomic mass is 19.4. The Labute approximate surface area is 209 Å². The molecule has 2 amide bonds. The van der Waals surface area contributed by atoms with Gasteiger partial charge in [-0.2, -0.15) is 0 Å². The van der Waals surface area contributed by atoms with E-state index < -0.39 is 13.0 Å². The molecule has 0 aliphatic rings. The van der Waals surface area contributed by atoms with E-state index in [-0.39, 0.29) is 30.5 Å². The van der Waals surface area contributed by atoms with E-state index in [0.29, 0.717) is 40.1 Å². The van der Waals surface area contributed by atoms with Crippen LogP contribution in [0.5, 0.6) is 5.75 Å². The minimum atomic E-state index is -4.74. The third-order valence-corrected chi connectivity index (χ3v) is 5.31. The molecule has 8 nitrogen and oxygen atoms in total. The lowest BCUT2D eigenvalue weighted by molar-refractivity contribution is -0.330. The number of para-hydroxylation sites is 2. The first-order chi connectivity index (χ1) is 17.7. The molecule has 37 heavy (non-hydrogen) atoms. The van der Waals surface area contributed by atoms with E-state index >= 15 is 0 Å². The highest BCUT2D eigenvalue weighted by Gasteiger charge is 2.29. The molecule has 1 aromatic heterocycles. The molecule has 0 radical (unpaired) electrons. The molecule has 0 atom stereocenters. The summed E-state index contributed by atoms with van der Waals surface area (Å²) >= 11 is 0. The molecule has 4 rings (SSSR count). The largest absolute Gasteiger partial charge is 0.522 e. The van der Waals surface area contributed by atoms with E-state index in [4.69, 9.17) is 14.9 Å². The minimum absolute atomic E-state index is 0.118. The first kappa shape index (κ1) is 25.6. The molecule has 3 aromatic carbocycles. The van der Waals surface area contributed by atoms with Crippen LogP contribution in [0.25, 0.3) is 11.0 Å². The van der Waals surface area contributed by atoms with Crippen molar-refractivity contribution >= 4 is 40.5 Å². The molecule has 0 saturated heterocycles. The summed E-state index contributed by atoms with van der Waals surface area (Å²) in [7, 11) is 0. The fourth-order valence-corrected chi connectivity index (χ4v) is 3.44. The zero-order valence-corrected chi connectivity index (χ0v) is 19.3. The predicted octanol–water partition coefficient (Wildman–Crippen LogP) is 5.35. The van der Waals surface area contributed by atoms with Crippen molar-refractivity contribution in [1.29, 1.82) is 0 Å². The average Bonchev–Trinajstić information content (AvgIpc) is 3.30. The van der Waals surface area contributed by atoms with Crippen LogP contribution >= 0.6 is 0 Å². The summed E-state index contributed by atoms with van der Waals surface area (Å²) in [6, 6.07) is 19.5. The Kier molecular flexibility index (Phi) is 7.63. The van der Waals surface area contributed by atoms with E-state index in [1.54, 1.807) is 60.7 Å². The molecule has 192 valence electrons. The SMILES string of the molecule is Nc1ccccc1NC(=O)c1ccc(OCCN(C=O)c2cc3ccc(COC(F)(F)F)cc3o2)cc1. The van der Waals surface area contributed by atoms with Gasteiger partial charge in [-0.3, -0.25) is 19.2 Å². The van der Waals surface area contributed by atoms with Gasteiger partial charge in [0.25, 0.3) is 5.91 Å². The van der Waals surface area contributed by atoms with E-state index in [0.717, 1.165) is 0 Å². The maximum atomic E-state index is 12.4. The van der Waals surface area contributed by atoms with Crippen molar-refractivity contribution < 1.29 is 36.7 Å². The van der Waals surface area contributed by atoms with Crippen LogP contribution in [-0.2, 0) is 16.1 Å². The number of furan rings is 1. The molecule has 0 unspecified atom stereocenters. The molecule has 0 spiro atoms. The van der Waals surface area contributed by atoms with Gasteiger partial charge in [-0.25, -0.2) is 0 Å². The number of alkyl halides is 3. The molecule has 0 aliphatic heterocycles. The fourth-order valence-electron chi connectivity index (χ4n) is 3.44. The topological polar surface area (TPSA) is 107 Å². The van der Waals surface area contributed by atoms with Gasteiger partial charge in [0, 0.05) is 17.0 Å². The second-order valence-corrected chi connectivity index (χ2v) is 7.90. The van der Waals surface area contributed by atoms with Gasteiger partial charge in [0.15, 0.2) is 0 Å². The van der Waals surface area contributed by atoms with Crippen molar-refractivity contribution in [3.8, 4) is 5.75 Å². The zero-order chi connectivity index (χ0) is 26.4. The second kappa shape index (κ2) is 11.0. The monoisotopic (exact) mass is 513 g/mol. The number of hydrogen-bond acceptors (Lipinski definition) is 6. The van der Waals surface area contributed by atoms with Crippen molar-refractivity contribution in [3.63, 3.8) is 0 Å². The quantitative estimate of drug-likeness (QED) is 0.219. The van der Waals surface area contributed by atoms with Crippen LogP contribution < -0.4 is 20.7 Å². The molecule has 0 fully saturated rings. The average molecular weight is 513 g/mol. The maximum absolute atomic E-state index is 12.4. The van der Waals surface area contributed by atoms with Crippen LogP contribution in [-0.4, -0.2) is 31.8 Å². The summed E-state index contributed by atoms with van der Waals surface area (Å²) in [6.45, 7) is -0.392. The Bertz CT molecular complexity index is 1390. The van der Waals surface area contributed by atoms with Gasteiger partial charge < -0.3 is 20.2 Å². The standard InChI is InChI=1S/C26H22F3N3O5/c27-26(28,29)36-15-17-5-6-19-14-24(37-23(19)13-17)32(16-33)11-12-35-20-9-7-18(8-10-20)25(34)31-22-4-2-1-3-21(22)30/h1-10,13-14,16H,11-12,15,30H2,(H,31,34). The molecule has 0 saturated carbocycles. The number of fused-ring (bicyclic) bond motifs is 1. The van der Waals surface area contributed by atoms with Gasteiger partial charge in [0.2, 0.25) is 12.3 Å². The van der Waals surface area contributed by atoms with Crippen molar-refractivity contribution in [3.05, 3.63) is 83.9 Å². The molecule has 0 aliphatic carbocycles. The number of nitrogens with zero attached hydrogens (tertiary/aromatic N) is 1. The summed E-state index contributed by atoms with van der Waals surface area (Å²) in [6.07, 6.45) is -4.17. The maximum Gasteiger partial charge on any atom is 0.522 e. The summed E-state index contributed by atoms with van der Waals surface area (Å²) in [5, 5.41) is 3.36. The van der Waals surface area contributed by atoms with Crippen LogP contribution in [0.1, 0.15) is 15.9 Å². The number of benzene rings is 3. The number of rotatable bonds is 10. The van der Waals surface area contributed by atoms with E-state index in [1.165, 1.54) is 17.0 Å². The zero-order valence-electron chi connectivity index (χ0n) is 19.3. The number of carbonyl (C=O) groups excluding carboxylic acids is 2. The van der Waals surface area contributed by atoms with Crippen LogP contribution in [0.3, 0.4) is 0 Å². The molecule has 1 heterocycles. The van der Waals surface area contributed by atoms with Crippen LogP contribution in [0.2, 0.25) is 0 Å². The predicted molar refractivity (Wildman–Crippen MR) is 131 cm³/mol. The summed E-state index contributed by atoms with van der Waals surface area (Å²) < 4.78 is 52.0. The number of nitrogen functional groups attached to an aromatic ring is 1. The van der Waals surface area contributed by atoms with Gasteiger partial charge in [-0.15, -0.1) is 13.2 Å². The summed E-state index contributed by atoms with van der Waals surface area (Å²) in [5.41, 5.74) is 7.81. The molecule has 3 N–H and O–H groups in total. The molecule has 11 heteroatoms. The van der Waals surface area contributed by atoms with Gasteiger partial charge in [0.1, 0.15) is 17.9 Å². The third-order valence-electron chi connectivity index (χ3n) is 5.31. The number of anilines is 3. The second-order valence-electron chi connectivity index (χ2n) is 7.90. The first-order valence-corrected chi connectivity index (χ1v) is 11.1.